The summed E-state index contributed by atoms with van der Waals surface area (Å²) in [5.41, 5.74) is 1.20. The predicted molar refractivity (Wildman–Crippen MR) is 92.3 cm³/mol. The fraction of sp³-hybridized carbons (Fsp3) is 0.812. The molecule has 0 aromatic carbocycles. The quantitative estimate of drug-likeness (QED) is 0.681. The molecule has 0 radical (unpaired) electrons. The molecule has 5 heteroatoms. The summed E-state index contributed by atoms with van der Waals surface area (Å²) in [5.74, 6) is 0. The Kier molecular flexibility index (Phi) is 6.93. The van der Waals surface area contributed by atoms with Gasteiger partial charge in [0.05, 0.1) is 5.69 Å². The average Bonchev–Trinajstić information content (AvgIpc) is 3.23. The van der Waals surface area contributed by atoms with Gasteiger partial charge < -0.3 is 15.1 Å². The lowest BCUT2D eigenvalue weighted by molar-refractivity contribution is 0.300. The average molecular weight is 311 g/mol. The molecule has 1 aromatic rings. The van der Waals surface area contributed by atoms with Gasteiger partial charge in [0.25, 0.3) is 0 Å². The highest BCUT2D eigenvalue weighted by Gasteiger charge is 2.20. The Morgan fingerprint density at radius 1 is 1.19 bits per heavy atom. The molecule has 4 nitrogen and oxygen atoms in total. The van der Waals surface area contributed by atoms with Gasteiger partial charge in [-0.3, -0.25) is 0 Å². The van der Waals surface area contributed by atoms with Crippen LogP contribution in [0, 0.1) is 0 Å². The van der Waals surface area contributed by atoms with Gasteiger partial charge >= 0.3 is 0 Å². The molecule has 1 aliphatic rings. The number of aromatic nitrogens is 1. The second-order valence-corrected chi connectivity index (χ2v) is 6.57. The van der Waals surface area contributed by atoms with Crippen molar-refractivity contribution in [1.82, 2.24) is 15.2 Å². The molecule has 0 spiro atoms. The zero-order valence-electron chi connectivity index (χ0n) is 13.8. The van der Waals surface area contributed by atoms with Gasteiger partial charge in [0, 0.05) is 31.1 Å². The number of rotatable bonds is 11. The molecule has 1 N–H and O–H groups in total. The molecule has 21 heavy (non-hydrogen) atoms. The van der Waals surface area contributed by atoms with E-state index in [1.807, 2.05) is 0 Å². The van der Waals surface area contributed by atoms with Crippen LogP contribution in [0.15, 0.2) is 5.38 Å². The third-order valence-electron chi connectivity index (χ3n) is 4.14. The first kappa shape index (κ1) is 16.7. The van der Waals surface area contributed by atoms with Crippen LogP contribution in [0.4, 0.5) is 5.13 Å². The monoisotopic (exact) mass is 310 g/mol. The van der Waals surface area contributed by atoms with Crippen LogP contribution in [0.2, 0.25) is 0 Å². The second kappa shape index (κ2) is 8.71. The highest BCUT2D eigenvalue weighted by molar-refractivity contribution is 7.13. The summed E-state index contributed by atoms with van der Waals surface area (Å²) in [7, 11) is 0. The third kappa shape index (κ3) is 5.57. The van der Waals surface area contributed by atoms with Crippen molar-refractivity contribution in [1.29, 1.82) is 0 Å². The summed E-state index contributed by atoms with van der Waals surface area (Å²) in [4.78, 5) is 9.69. The fourth-order valence-corrected chi connectivity index (χ4v) is 3.39. The Morgan fingerprint density at radius 2 is 1.95 bits per heavy atom. The van der Waals surface area contributed by atoms with Crippen molar-refractivity contribution in [2.75, 3.05) is 37.6 Å². The normalized spacial score (nSPS) is 14.9. The van der Waals surface area contributed by atoms with Crippen LogP contribution in [-0.2, 0) is 6.54 Å². The van der Waals surface area contributed by atoms with E-state index in [1.54, 1.807) is 11.3 Å². The van der Waals surface area contributed by atoms with E-state index in [-0.39, 0.29) is 0 Å². The molecule has 0 bridgehead atoms. The van der Waals surface area contributed by atoms with Crippen molar-refractivity contribution >= 4 is 16.5 Å². The summed E-state index contributed by atoms with van der Waals surface area (Å²) in [6, 6.07) is 0.756. The maximum atomic E-state index is 4.79. The molecule has 0 unspecified atom stereocenters. The van der Waals surface area contributed by atoms with Gasteiger partial charge in [-0.05, 0) is 45.8 Å². The summed E-state index contributed by atoms with van der Waals surface area (Å²) in [6.45, 7) is 13.3. The lowest BCUT2D eigenvalue weighted by Crippen LogP contribution is -2.30. The highest BCUT2D eigenvalue weighted by Crippen LogP contribution is 2.23. The first-order chi connectivity index (χ1) is 10.3. The van der Waals surface area contributed by atoms with Crippen LogP contribution in [0.25, 0.3) is 0 Å². The van der Waals surface area contributed by atoms with Crippen molar-refractivity contribution in [3.63, 3.8) is 0 Å². The van der Waals surface area contributed by atoms with Gasteiger partial charge in [-0.25, -0.2) is 4.98 Å². The molecule has 0 aliphatic heterocycles. The van der Waals surface area contributed by atoms with Crippen molar-refractivity contribution in [3.8, 4) is 0 Å². The van der Waals surface area contributed by atoms with Crippen LogP contribution in [-0.4, -0.2) is 48.6 Å². The van der Waals surface area contributed by atoms with Gasteiger partial charge in [0.2, 0.25) is 0 Å². The molecule has 1 heterocycles. The molecular formula is C16H30N4S. The van der Waals surface area contributed by atoms with E-state index in [4.69, 9.17) is 4.98 Å². The standard InChI is InChI=1S/C16H30N4S/c1-4-19(5-2)10-7-11-20(6-3)16-18-15(13-21-16)12-17-14-8-9-14/h13-14,17H,4-12H2,1-3H3. The Hall–Kier alpha value is -0.650. The summed E-state index contributed by atoms with van der Waals surface area (Å²) in [6.07, 6.45) is 3.89. The Morgan fingerprint density at radius 3 is 2.57 bits per heavy atom. The van der Waals surface area contributed by atoms with E-state index in [2.05, 4.69) is 41.3 Å². The largest absolute Gasteiger partial charge is 0.348 e. The van der Waals surface area contributed by atoms with Gasteiger partial charge in [-0.15, -0.1) is 11.3 Å². The minimum absolute atomic E-state index is 0.756. The van der Waals surface area contributed by atoms with E-state index in [0.717, 1.165) is 38.8 Å². The van der Waals surface area contributed by atoms with Gasteiger partial charge in [-0.1, -0.05) is 13.8 Å². The van der Waals surface area contributed by atoms with E-state index >= 15 is 0 Å². The SMILES string of the molecule is CCN(CC)CCCN(CC)c1nc(CNC2CC2)cs1. The Labute approximate surface area is 133 Å². The van der Waals surface area contributed by atoms with Crippen LogP contribution in [0.5, 0.6) is 0 Å². The molecular weight excluding hydrogens is 280 g/mol. The number of hydrogen-bond acceptors (Lipinski definition) is 5. The number of nitrogens with one attached hydrogen (secondary N) is 1. The molecule has 1 saturated carbocycles. The molecule has 0 amide bonds. The second-order valence-electron chi connectivity index (χ2n) is 5.74. The Bertz CT molecular complexity index is 399. The first-order valence-electron chi connectivity index (χ1n) is 8.41. The maximum Gasteiger partial charge on any atom is 0.185 e. The van der Waals surface area contributed by atoms with Crippen molar-refractivity contribution in [2.24, 2.45) is 0 Å². The number of thiazole rings is 1. The minimum Gasteiger partial charge on any atom is -0.348 e. The minimum atomic E-state index is 0.756. The topological polar surface area (TPSA) is 31.4 Å². The Balaban J connectivity index is 1.76. The van der Waals surface area contributed by atoms with Crippen LogP contribution < -0.4 is 10.2 Å². The van der Waals surface area contributed by atoms with Crippen LogP contribution in [0.1, 0.15) is 45.7 Å². The zero-order chi connectivity index (χ0) is 15.1. The van der Waals surface area contributed by atoms with Crippen LogP contribution in [0.3, 0.4) is 0 Å². The maximum absolute atomic E-state index is 4.79. The molecule has 120 valence electrons. The lowest BCUT2D eigenvalue weighted by atomic mass is 10.3. The van der Waals surface area contributed by atoms with Crippen molar-refractivity contribution in [2.45, 2.75) is 52.6 Å². The first-order valence-corrected chi connectivity index (χ1v) is 9.29. The van der Waals surface area contributed by atoms with Gasteiger partial charge in [-0.2, -0.15) is 0 Å². The van der Waals surface area contributed by atoms with Crippen molar-refractivity contribution in [3.05, 3.63) is 11.1 Å². The van der Waals surface area contributed by atoms with Gasteiger partial charge in [0.15, 0.2) is 5.13 Å². The number of hydrogen-bond donors (Lipinski definition) is 1. The van der Waals surface area contributed by atoms with E-state index in [1.165, 1.54) is 36.6 Å². The number of nitrogens with zero attached hydrogens (tertiary/aromatic N) is 3. The van der Waals surface area contributed by atoms with E-state index < -0.39 is 0 Å². The third-order valence-corrected chi connectivity index (χ3v) is 5.09. The van der Waals surface area contributed by atoms with Crippen molar-refractivity contribution < 1.29 is 0 Å². The lowest BCUT2D eigenvalue weighted by Gasteiger charge is -2.23. The molecule has 1 aromatic heterocycles. The summed E-state index contributed by atoms with van der Waals surface area (Å²) >= 11 is 1.79. The number of anilines is 1. The molecule has 0 atom stereocenters. The van der Waals surface area contributed by atoms with Crippen LogP contribution >= 0.6 is 11.3 Å². The molecule has 1 aliphatic carbocycles. The summed E-state index contributed by atoms with van der Waals surface area (Å²) in [5, 5.41) is 6.93. The fourth-order valence-electron chi connectivity index (χ4n) is 2.47. The van der Waals surface area contributed by atoms with Gasteiger partial charge in [0.1, 0.15) is 0 Å². The van der Waals surface area contributed by atoms with E-state index in [0.29, 0.717) is 0 Å². The molecule has 1 fully saturated rings. The smallest absolute Gasteiger partial charge is 0.185 e. The highest BCUT2D eigenvalue weighted by atomic mass is 32.1. The summed E-state index contributed by atoms with van der Waals surface area (Å²) < 4.78 is 0. The zero-order valence-corrected chi connectivity index (χ0v) is 14.6. The van der Waals surface area contributed by atoms with E-state index in [9.17, 15) is 0 Å². The molecule has 0 saturated heterocycles. The molecule has 2 rings (SSSR count). The predicted octanol–water partition coefficient (Wildman–Crippen LogP) is 2.95.